The minimum absolute atomic E-state index is 0.0832. The minimum atomic E-state index is -4.40. The number of aromatic nitrogens is 1. The van der Waals surface area contributed by atoms with Gasteiger partial charge in [-0.2, -0.15) is 0 Å². The fourth-order valence-electron chi connectivity index (χ4n) is 5.61. The van der Waals surface area contributed by atoms with Gasteiger partial charge < -0.3 is 15.1 Å². The number of amides is 2. The molecule has 1 saturated heterocycles. The molecule has 2 heterocycles. The molecular formula is C29H34ClFN4O4S. The lowest BCUT2D eigenvalue weighted by atomic mass is 9.91. The second-order valence-corrected chi connectivity index (χ2v) is 12.6. The van der Waals surface area contributed by atoms with Crippen LogP contribution in [0.4, 0.5) is 4.39 Å². The number of sulfone groups is 1. The van der Waals surface area contributed by atoms with E-state index in [0.29, 0.717) is 38.0 Å². The molecule has 1 aromatic carbocycles. The molecule has 11 heteroatoms. The number of pyridine rings is 1. The number of alkyl halides is 1. The maximum atomic E-state index is 15.4. The van der Waals surface area contributed by atoms with Crippen LogP contribution in [0.1, 0.15) is 32.3 Å². The number of hydrogen-bond acceptors (Lipinski definition) is 6. The van der Waals surface area contributed by atoms with Gasteiger partial charge in [-0.3, -0.25) is 14.6 Å². The van der Waals surface area contributed by atoms with Gasteiger partial charge >= 0.3 is 0 Å². The first kappa shape index (κ1) is 29.9. The average Bonchev–Trinajstić information content (AvgIpc) is 3.33. The Bertz CT molecular complexity index is 1420. The summed E-state index contributed by atoms with van der Waals surface area (Å²) >= 11 is 5.73. The fourth-order valence-corrected chi connectivity index (χ4v) is 7.92. The summed E-state index contributed by atoms with van der Waals surface area (Å²) in [5.74, 6) is -1.85. The van der Waals surface area contributed by atoms with Crippen molar-refractivity contribution in [3.63, 3.8) is 0 Å². The van der Waals surface area contributed by atoms with Crippen molar-refractivity contribution in [2.75, 3.05) is 32.6 Å². The summed E-state index contributed by atoms with van der Waals surface area (Å²) in [6.45, 7) is 4.50. The van der Waals surface area contributed by atoms with E-state index in [2.05, 4.69) is 10.3 Å². The van der Waals surface area contributed by atoms with Gasteiger partial charge in [0, 0.05) is 55.1 Å². The highest BCUT2D eigenvalue weighted by atomic mass is 35.5. The van der Waals surface area contributed by atoms with Crippen LogP contribution in [0.25, 0.3) is 5.57 Å². The topological polar surface area (TPSA) is 99.7 Å². The van der Waals surface area contributed by atoms with E-state index in [0.717, 1.165) is 0 Å². The Morgan fingerprint density at radius 1 is 1.20 bits per heavy atom. The van der Waals surface area contributed by atoms with Crippen LogP contribution < -0.4 is 5.32 Å². The first-order valence-corrected chi connectivity index (χ1v) is 15.2. The lowest BCUT2D eigenvalue weighted by Crippen LogP contribution is -2.60. The van der Waals surface area contributed by atoms with Crippen molar-refractivity contribution in [2.45, 2.75) is 42.5 Å². The highest BCUT2D eigenvalue weighted by molar-refractivity contribution is 7.93. The highest BCUT2D eigenvalue weighted by Crippen LogP contribution is 2.49. The molecule has 1 aromatic heterocycles. The summed E-state index contributed by atoms with van der Waals surface area (Å²) in [6, 6.07) is 8.36. The molecule has 0 bridgehead atoms. The standard InChI is InChI=1S/C29H34ClFN4O4S/c1-20(2)35(28(37)22-10-13-34(14-11-22)27(36)17-30)29(40(38,39)23-7-6-12-33-19-23)16-21(18-32-3)15-25(29)24-8-4-5-9-26(24)31/h4-9,12,15-16,19-20,22,32H,10-11,13-14,17-18H2,1-3H3. The van der Waals surface area contributed by atoms with Gasteiger partial charge in [-0.15, -0.1) is 11.6 Å². The Morgan fingerprint density at radius 2 is 1.90 bits per heavy atom. The molecule has 1 fully saturated rings. The number of likely N-dealkylation sites (tertiary alicyclic amines) is 1. The summed E-state index contributed by atoms with van der Waals surface area (Å²) in [7, 11) is -2.67. The van der Waals surface area contributed by atoms with Crippen LogP contribution in [0.3, 0.4) is 0 Å². The summed E-state index contributed by atoms with van der Waals surface area (Å²) < 4.78 is 45.0. The molecule has 4 rings (SSSR count). The fraction of sp³-hybridized carbons (Fsp3) is 0.414. The van der Waals surface area contributed by atoms with Crippen LogP contribution >= 0.6 is 11.6 Å². The van der Waals surface area contributed by atoms with Crippen molar-refractivity contribution in [3.8, 4) is 0 Å². The van der Waals surface area contributed by atoms with Crippen LogP contribution in [0, 0.1) is 11.7 Å². The first-order chi connectivity index (χ1) is 19.1. The third-order valence-corrected chi connectivity index (χ3v) is 9.86. The van der Waals surface area contributed by atoms with Crippen molar-refractivity contribution in [2.24, 2.45) is 5.92 Å². The smallest absolute Gasteiger partial charge is 0.237 e. The number of halogens is 2. The quantitative estimate of drug-likeness (QED) is 0.449. The molecule has 1 atom stereocenters. The van der Waals surface area contributed by atoms with Gasteiger partial charge in [-0.25, -0.2) is 12.8 Å². The zero-order chi connectivity index (χ0) is 29.1. The molecule has 1 N–H and O–H groups in total. The third kappa shape index (κ3) is 5.32. The van der Waals surface area contributed by atoms with Gasteiger partial charge in [0.25, 0.3) is 0 Å². The highest BCUT2D eigenvalue weighted by Gasteiger charge is 2.57. The molecule has 2 amide bonds. The molecule has 0 spiro atoms. The Balaban J connectivity index is 1.93. The lowest BCUT2D eigenvalue weighted by molar-refractivity contribution is -0.142. The molecule has 0 radical (unpaired) electrons. The molecule has 2 aromatic rings. The van der Waals surface area contributed by atoms with Gasteiger partial charge in [0.2, 0.25) is 21.7 Å². The predicted octanol–water partition coefficient (Wildman–Crippen LogP) is 3.65. The van der Waals surface area contributed by atoms with Crippen molar-refractivity contribution in [3.05, 3.63) is 77.9 Å². The molecule has 1 aliphatic heterocycles. The third-order valence-electron chi connectivity index (χ3n) is 7.42. The summed E-state index contributed by atoms with van der Waals surface area (Å²) in [6.07, 6.45) is 6.67. The van der Waals surface area contributed by atoms with E-state index in [-0.39, 0.29) is 33.7 Å². The molecule has 40 heavy (non-hydrogen) atoms. The first-order valence-electron chi connectivity index (χ1n) is 13.2. The maximum Gasteiger partial charge on any atom is 0.237 e. The SMILES string of the molecule is CNCC1=CC(N(C(=O)C2CCN(C(=O)CCl)CC2)C(C)C)(S(=O)(=O)c2cccnc2)C(c2ccccc2F)=C1. The van der Waals surface area contributed by atoms with Crippen molar-refractivity contribution < 1.29 is 22.4 Å². The van der Waals surface area contributed by atoms with E-state index in [9.17, 15) is 18.0 Å². The summed E-state index contributed by atoms with van der Waals surface area (Å²) in [4.78, 5) is 31.5. The van der Waals surface area contributed by atoms with Crippen LogP contribution in [-0.4, -0.2) is 78.5 Å². The number of benzene rings is 1. The van der Waals surface area contributed by atoms with E-state index in [1.54, 1.807) is 44.0 Å². The zero-order valence-corrected chi connectivity index (χ0v) is 24.4. The molecular weight excluding hydrogens is 555 g/mol. The van der Waals surface area contributed by atoms with E-state index in [1.807, 2.05) is 0 Å². The van der Waals surface area contributed by atoms with Crippen molar-refractivity contribution >= 4 is 38.8 Å². The molecule has 214 valence electrons. The molecule has 2 aliphatic rings. The second kappa shape index (κ2) is 12.2. The summed E-state index contributed by atoms with van der Waals surface area (Å²) in [5, 5.41) is 3.04. The number of nitrogens with one attached hydrogen (secondary N) is 1. The Kier molecular flexibility index (Phi) is 9.12. The zero-order valence-electron chi connectivity index (χ0n) is 22.8. The van der Waals surface area contributed by atoms with E-state index in [4.69, 9.17) is 11.6 Å². The Labute approximate surface area is 239 Å². The van der Waals surface area contributed by atoms with Gasteiger partial charge in [0.05, 0.1) is 4.90 Å². The van der Waals surface area contributed by atoms with Crippen LogP contribution in [0.15, 0.2) is 71.4 Å². The second-order valence-electron chi connectivity index (χ2n) is 10.3. The van der Waals surface area contributed by atoms with Crippen molar-refractivity contribution in [1.29, 1.82) is 0 Å². The van der Waals surface area contributed by atoms with Gasteiger partial charge in [0.1, 0.15) is 11.7 Å². The Morgan fingerprint density at radius 3 is 2.48 bits per heavy atom. The van der Waals surface area contributed by atoms with Gasteiger partial charge in [-0.1, -0.05) is 24.3 Å². The van der Waals surface area contributed by atoms with Gasteiger partial charge in [0.15, 0.2) is 4.87 Å². The molecule has 1 aliphatic carbocycles. The normalized spacial score (nSPS) is 19.9. The monoisotopic (exact) mass is 588 g/mol. The minimum Gasteiger partial charge on any atom is -0.342 e. The van der Waals surface area contributed by atoms with E-state index in [1.165, 1.54) is 47.6 Å². The van der Waals surface area contributed by atoms with Crippen LogP contribution in [-0.2, 0) is 19.4 Å². The maximum absolute atomic E-state index is 15.4. The lowest BCUT2D eigenvalue weighted by Gasteiger charge is -2.46. The molecule has 1 unspecified atom stereocenters. The number of carbonyl (C=O) groups is 2. The van der Waals surface area contributed by atoms with E-state index >= 15 is 4.39 Å². The van der Waals surface area contributed by atoms with E-state index < -0.39 is 32.5 Å². The Hall–Kier alpha value is -3.08. The number of hydrogen-bond donors (Lipinski definition) is 1. The van der Waals surface area contributed by atoms with Gasteiger partial charge in [-0.05, 0) is 63.6 Å². The average molecular weight is 589 g/mol. The number of nitrogens with zero attached hydrogens (tertiary/aromatic N) is 3. The van der Waals surface area contributed by atoms with Crippen molar-refractivity contribution in [1.82, 2.24) is 20.1 Å². The molecule has 8 nitrogen and oxygen atoms in total. The molecule has 0 saturated carbocycles. The predicted molar refractivity (Wildman–Crippen MR) is 153 cm³/mol. The van der Waals surface area contributed by atoms with Crippen LogP contribution in [0.2, 0.25) is 0 Å². The number of piperidine rings is 1. The largest absolute Gasteiger partial charge is 0.342 e. The van der Waals surface area contributed by atoms with Crippen LogP contribution in [0.5, 0.6) is 0 Å². The number of carbonyl (C=O) groups excluding carboxylic acids is 2. The number of rotatable bonds is 9. The number of likely N-dealkylation sites (N-methyl/N-ethyl adjacent to an activating group) is 1. The summed E-state index contributed by atoms with van der Waals surface area (Å²) in [5.41, 5.74) is 0.865.